The second-order valence-corrected chi connectivity index (χ2v) is 10.3. The number of hydroxylamine groups is 1. The Morgan fingerprint density at radius 3 is 2.74 bits per heavy atom. The van der Waals surface area contributed by atoms with E-state index < -0.39 is 26.1 Å². The zero-order valence-corrected chi connectivity index (χ0v) is 18.0. The van der Waals surface area contributed by atoms with E-state index in [4.69, 9.17) is 9.94 Å². The highest BCUT2D eigenvalue weighted by atomic mass is 32.2. The molecule has 0 bridgehead atoms. The smallest absolute Gasteiger partial charge is 0.264 e. The summed E-state index contributed by atoms with van der Waals surface area (Å²) in [5, 5.41) is 24.0. The maximum Gasteiger partial charge on any atom is 0.264 e. The number of aryl methyl sites for hydroxylation is 1. The van der Waals surface area contributed by atoms with Crippen LogP contribution in [-0.2, 0) is 25.9 Å². The Hall–Kier alpha value is -2.89. The van der Waals surface area contributed by atoms with Crippen molar-refractivity contribution in [1.82, 2.24) is 15.3 Å². The number of nitrogens with zero attached hydrogens (tertiary/aromatic N) is 2. The molecule has 1 atom stereocenters. The second kappa shape index (κ2) is 8.69. The molecule has 9 nitrogen and oxygen atoms in total. The minimum absolute atomic E-state index is 0.0636. The van der Waals surface area contributed by atoms with Gasteiger partial charge in [-0.25, -0.2) is 13.9 Å². The number of benzene rings is 1. The van der Waals surface area contributed by atoms with Gasteiger partial charge in [0.2, 0.25) is 0 Å². The van der Waals surface area contributed by atoms with E-state index in [0.29, 0.717) is 25.2 Å². The van der Waals surface area contributed by atoms with Crippen molar-refractivity contribution in [3.05, 3.63) is 30.0 Å². The van der Waals surface area contributed by atoms with E-state index in [0.717, 1.165) is 17.2 Å². The first-order valence-corrected chi connectivity index (χ1v) is 11.4. The molecule has 2 heterocycles. The van der Waals surface area contributed by atoms with Crippen molar-refractivity contribution in [2.24, 2.45) is 0 Å². The van der Waals surface area contributed by atoms with E-state index >= 15 is 0 Å². The molecule has 1 aliphatic heterocycles. The predicted octanol–water partition coefficient (Wildman–Crippen LogP) is 0.241. The summed E-state index contributed by atoms with van der Waals surface area (Å²) in [6, 6.07) is 5.41. The predicted molar refractivity (Wildman–Crippen MR) is 113 cm³/mol. The van der Waals surface area contributed by atoms with Crippen LogP contribution in [0.15, 0.2) is 24.4 Å². The number of amides is 1. The van der Waals surface area contributed by atoms with Gasteiger partial charge in [0.15, 0.2) is 14.6 Å². The summed E-state index contributed by atoms with van der Waals surface area (Å²) in [5.74, 6) is 10.2. The van der Waals surface area contributed by atoms with Gasteiger partial charge in [-0.15, -0.1) is 0 Å². The van der Waals surface area contributed by atoms with E-state index in [9.17, 15) is 18.3 Å². The lowest BCUT2D eigenvalue weighted by atomic mass is 9.99. The maximum absolute atomic E-state index is 12.1. The van der Waals surface area contributed by atoms with Crippen molar-refractivity contribution in [2.45, 2.75) is 36.7 Å². The molecule has 1 aromatic carbocycles. The molecule has 1 amide bonds. The SMILES string of the molecule is C[C@@](CCn1cc2cc(C#CC#CCC3(O)COC3)ccc2n1)(C(=O)NO)S(C)(=O)=O. The standard InChI is InChI=1S/C21H23N3O6S/c1-20(19(25)23-27,31(2,28)29)10-11-24-13-17-12-16(7-8-18(17)22-24)6-4-3-5-9-21(26)14-30-15-21/h7-8,12-13,26-27H,9-11,14-15H2,1-2H3,(H,23,25)/t20-/m1/s1. The van der Waals surface area contributed by atoms with Crippen molar-refractivity contribution in [1.29, 1.82) is 0 Å². The van der Waals surface area contributed by atoms with Crippen molar-refractivity contribution in [3.63, 3.8) is 0 Å². The summed E-state index contributed by atoms with van der Waals surface area (Å²) in [6.45, 7) is 2.01. The molecule has 1 aromatic heterocycles. The molecule has 3 rings (SSSR count). The van der Waals surface area contributed by atoms with Gasteiger partial charge in [0, 0.05) is 36.4 Å². The topological polar surface area (TPSA) is 131 Å². The number of sulfone groups is 1. The summed E-state index contributed by atoms with van der Waals surface area (Å²) in [6.07, 6.45) is 2.94. The summed E-state index contributed by atoms with van der Waals surface area (Å²) in [5.41, 5.74) is 2.00. The van der Waals surface area contributed by atoms with Gasteiger partial charge in [-0.05, 0) is 43.4 Å². The quantitative estimate of drug-likeness (QED) is 0.330. The lowest BCUT2D eigenvalue weighted by Gasteiger charge is -2.34. The van der Waals surface area contributed by atoms with Crippen molar-refractivity contribution in [2.75, 3.05) is 19.5 Å². The normalized spacial score (nSPS) is 16.8. The number of rotatable bonds is 6. The van der Waals surface area contributed by atoms with Crippen molar-refractivity contribution < 1.29 is 28.3 Å². The van der Waals surface area contributed by atoms with E-state index in [1.165, 1.54) is 12.4 Å². The molecule has 0 radical (unpaired) electrons. The van der Waals surface area contributed by atoms with Crippen LogP contribution >= 0.6 is 0 Å². The highest BCUT2D eigenvalue weighted by molar-refractivity contribution is 7.92. The van der Waals surface area contributed by atoms with E-state index in [1.54, 1.807) is 23.0 Å². The molecule has 164 valence electrons. The molecule has 0 saturated carbocycles. The molecule has 1 aliphatic rings. The van der Waals surface area contributed by atoms with Gasteiger partial charge >= 0.3 is 0 Å². The number of hydrogen-bond acceptors (Lipinski definition) is 7. The molecular weight excluding hydrogens is 422 g/mol. The van der Waals surface area contributed by atoms with Crippen LogP contribution in [0.2, 0.25) is 0 Å². The molecule has 0 spiro atoms. The molecular formula is C21H23N3O6S. The lowest BCUT2D eigenvalue weighted by molar-refractivity contribution is -0.174. The van der Waals surface area contributed by atoms with Gasteiger partial charge in [-0.2, -0.15) is 5.10 Å². The first kappa shape index (κ1) is 22.8. The van der Waals surface area contributed by atoms with Crippen LogP contribution < -0.4 is 5.48 Å². The van der Waals surface area contributed by atoms with Crippen molar-refractivity contribution >= 4 is 26.6 Å². The number of aliphatic hydroxyl groups is 1. The minimum atomic E-state index is -3.77. The Morgan fingerprint density at radius 1 is 1.39 bits per heavy atom. The summed E-state index contributed by atoms with van der Waals surface area (Å²) < 4.78 is 28.9. The highest BCUT2D eigenvalue weighted by Gasteiger charge is 2.43. The van der Waals surface area contributed by atoms with Gasteiger partial charge < -0.3 is 9.84 Å². The average molecular weight is 445 g/mol. The summed E-state index contributed by atoms with van der Waals surface area (Å²) >= 11 is 0. The van der Waals surface area contributed by atoms with Gasteiger partial charge in [0.25, 0.3) is 5.91 Å². The molecule has 31 heavy (non-hydrogen) atoms. The number of hydrogen-bond donors (Lipinski definition) is 3. The number of ether oxygens (including phenoxy) is 1. The third kappa shape index (κ3) is 5.06. The number of nitrogens with one attached hydrogen (secondary N) is 1. The Balaban J connectivity index is 1.70. The number of aromatic nitrogens is 2. The minimum Gasteiger partial charge on any atom is -0.384 e. The lowest BCUT2D eigenvalue weighted by Crippen LogP contribution is -2.49. The fourth-order valence-corrected chi connectivity index (χ4v) is 3.82. The molecule has 2 aromatic rings. The molecule has 10 heteroatoms. The number of carbonyl (C=O) groups is 1. The van der Waals surface area contributed by atoms with Crippen LogP contribution in [0.5, 0.6) is 0 Å². The Bertz CT molecular complexity index is 1220. The molecule has 1 saturated heterocycles. The monoisotopic (exact) mass is 445 g/mol. The first-order chi connectivity index (χ1) is 14.6. The van der Waals surface area contributed by atoms with Crippen molar-refractivity contribution in [3.8, 4) is 23.7 Å². The third-order valence-corrected chi connectivity index (χ3v) is 7.31. The Morgan fingerprint density at radius 2 is 2.13 bits per heavy atom. The largest absolute Gasteiger partial charge is 0.384 e. The van der Waals surface area contributed by atoms with Crippen LogP contribution in [0.3, 0.4) is 0 Å². The van der Waals surface area contributed by atoms with E-state index in [-0.39, 0.29) is 13.0 Å². The zero-order chi connectivity index (χ0) is 22.7. The van der Waals surface area contributed by atoms with Gasteiger partial charge in [0.1, 0.15) is 5.60 Å². The fourth-order valence-electron chi connectivity index (χ4n) is 2.98. The first-order valence-electron chi connectivity index (χ1n) is 9.47. The highest BCUT2D eigenvalue weighted by Crippen LogP contribution is 2.23. The molecule has 1 fully saturated rings. The van der Waals surface area contributed by atoms with Gasteiger partial charge in [-0.1, -0.05) is 11.8 Å². The van der Waals surface area contributed by atoms with Crippen LogP contribution in [0, 0.1) is 23.7 Å². The Labute approximate surface area is 180 Å². The van der Waals surface area contributed by atoms with Crippen LogP contribution in [-0.4, -0.2) is 64.2 Å². The van der Waals surface area contributed by atoms with Gasteiger partial charge in [0.05, 0.1) is 18.7 Å². The van der Waals surface area contributed by atoms with Crippen LogP contribution in [0.25, 0.3) is 10.9 Å². The summed E-state index contributed by atoms with van der Waals surface area (Å²) in [4.78, 5) is 11.9. The average Bonchev–Trinajstić information content (AvgIpc) is 3.11. The third-order valence-electron chi connectivity index (χ3n) is 5.29. The van der Waals surface area contributed by atoms with Gasteiger partial charge in [-0.3, -0.25) is 14.7 Å². The van der Waals surface area contributed by atoms with E-state index in [2.05, 4.69) is 28.8 Å². The summed E-state index contributed by atoms with van der Waals surface area (Å²) in [7, 11) is -3.77. The van der Waals surface area contributed by atoms with Crippen LogP contribution in [0.1, 0.15) is 25.3 Å². The molecule has 0 unspecified atom stereocenters. The van der Waals surface area contributed by atoms with E-state index in [1.807, 2.05) is 6.07 Å². The molecule has 0 aliphatic carbocycles. The number of fused-ring (bicyclic) bond motifs is 1. The Kier molecular flexibility index (Phi) is 6.39. The number of carbonyl (C=O) groups excluding carboxylic acids is 1. The van der Waals surface area contributed by atoms with Crippen LogP contribution in [0.4, 0.5) is 0 Å². The maximum atomic E-state index is 12.1. The zero-order valence-electron chi connectivity index (χ0n) is 17.2. The molecule has 3 N–H and O–H groups in total. The fraction of sp³-hybridized carbons (Fsp3) is 0.429. The second-order valence-electron chi connectivity index (χ2n) is 7.81.